The van der Waals surface area contributed by atoms with Crippen LogP contribution in [0.3, 0.4) is 0 Å². The fourth-order valence-electron chi connectivity index (χ4n) is 7.12. The molecule has 3 aliphatic carbocycles. The summed E-state index contributed by atoms with van der Waals surface area (Å²) in [4.78, 5) is 10.0. The van der Waals surface area contributed by atoms with E-state index in [0.717, 1.165) is 41.2 Å². The summed E-state index contributed by atoms with van der Waals surface area (Å²) in [6.45, 7) is 1.97. The molecule has 0 saturated heterocycles. The number of benzene rings is 2. The van der Waals surface area contributed by atoms with E-state index in [9.17, 15) is 12.8 Å². The molecule has 2 saturated carbocycles. The molecule has 39 heavy (non-hydrogen) atoms. The number of aromatic nitrogens is 3. The van der Waals surface area contributed by atoms with Crippen LogP contribution in [0.25, 0.3) is 11.8 Å². The van der Waals surface area contributed by atoms with Gasteiger partial charge in [0.1, 0.15) is 5.82 Å². The molecule has 0 aliphatic heterocycles. The van der Waals surface area contributed by atoms with Crippen molar-refractivity contribution >= 4 is 15.9 Å². The monoisotopic (exact) mass is 539 g/mol. The van der Waals surface area contributed by atoms with Gasteiger partial charge >= 0.3 is 0 Å². The molecule has 4 aromatic rings. The molecule has 0 amide bonds. The van der Waals surface area contributed by atoms with E-state index in [-0.39, 0.29) is 16.6 Å². The van der Waals surface area contributed by atoms with E-state index in [1.54, 1.807) is 30.6 Å². The average molecular weight is 540 g/mol. The predicted octanol–water partition coefficient (Wildman–Crippen LogP) is 6.40. The molecule has 0 N–H and O–H groups in total. The highest BCUT2D eigenvalue weighted by molar-refractivity contribution is 7.92. The number of imidazole rings is 1. The number of hydrogen-bond acceptors (Lipinski definition) is 4. The van der Waals surface area contributed by atoms with Gasteiger partial charge in [0.05, 0.1) is 27.9 Å². The minimum Gasteiger partial charge on any atom is -0.299 e. The fourth-order valence-corrected chi connectivity index (χ4v) is 8.96. The second-order valence-electron chi connectivity index (χ2n) is 11.4. The summed E-state index contributed by atoms with van der Waals surface area (Å²) in [5.74, 6) is -0.274. The van der Waals surface area contributed by atoms with E-state index >= 15 is 0 Å². The van der Waals surface area contributed by atoms with Gasteiger partial charge in [-0.05, 0) is 93.6 Å². The molecule has 0 spiro atoms. The zero-order valence-corrected chi connectivity index (χ0v) is 22.7. The number of nitrogens with zero attached hydrogens (tertiary/aromatic N) is 3. The first-order valence-electron chi connectivity index (χ1n) is 13.6. The van der Waals surface area contributed by atoms with E-state index in [2.05, 4.69) is 12.1 Å². The second kappa shape index (κ2) is 8.71. The number of rotatable bonds is 5. The van der Waals surface area contributed by atoms with Gasteiger partial charge in [0, 0.05) is 34.8 Å². The van der Waals surface area contributed by atoms with Gasteiger partial charge in [0.15, 0.2) is 9.84 Å². The van der Waals surface area contributed by atoms with Crippen molar-refractivity contribution in [3.63, 3.8) is 0 Å². The number of aryl methyl sites for hydroxylation is 1. The maximum absolute atomic E-state index is 14.0. The van der Waals surface area contributed by atoms with Crippen LogP contribution in [0.1, 0.15) is 54.7 Å². The Morgan fingerprint density at radius 1 is 0.949 bits per heavy atom. The Bertz CT molecular complexity index is 1690. The summed E-state index contributed by atoms with van der Waals surface area (Å²) in [7, 11) is -3.51. The van der Waals surface area contributed by atoms with Gasteiger partial charge in [0.25, 0.3) is 0 Å². The lowest BCUT2D eigenvalue weighted by Gasteiger charge is -2.50. The van der Waals surface area contributed by atoms with E-state index in [1.807, 2.05) is 42.0 Å². The minimum absolute atomic E-state index is 0.209. The molecule has 2 aromatic heterocycles. The Balaban J connectivity index is 1.35. The summed E-state index contributed by atoms with van der Waals surface area (Å²) in [6, 6.07) is 19.8. The maximum Gasteiger partial charge on any atom is 0.181 e. The van der Waals surface area contributed by atoms with Gasteiger partial charge in [-0.2, -0.15) is 0 Å². The summed E-state index contributed by atoms with van der Waals surface area (Å²) in [6.07, 6.45) is 10.4. The van der Waals surface area contributed by atoms with Crippen LogP contribution in [0.2, 0.25) is 0 Å². The molecular formula is C32H30FN3O2S. The Hall–Kier alpha value is -3.58. The first-order valence-corrected chi connectivity index (χ1v) is 15.1. The third-order valence-corrected chi connectivity index (χ3v) is 11.5. The molecule has 5 nitrogen and oxygen atoms in total. The first kappa shape index (κ1) is 24.5. The first-order chi connectivity index (χ1) is 18.8. The molecule has 198 valence electrons. The van der Waals surface area contributed by atoms with Crippen molar-refractivity contribution in [1.82, 2.24) is 14.5 Å². The number of halogens is 1. The second-order valence-corrected chi connectivity index (χ2v) is 13.6. The highest BCUT2D eigenvalue weighted by atomic mass is 32.2. The summed E-state index contributed by atoms with van der Waals surface area (Å²) < 4.78 is 43.6. The van der Waals surface area contributed by atoms with Crippen LogP contribution < -0.4 is 0 Å². The number of pyridine rings is 1. The van der Waals surface area contributed by atoms with Crippen LogP contribution in [-0.4, -0.2) is 28.2 Å². The molecule has 3 aliphatic rings. The predicted molar refractivity (Wildman–Crippen MR) is 149 cm³/mol. The Kier molecular flexibility index (Phi) is 5.47. The van der Waals surface area contributed by atoms with E-state index in [1.165, 1.54) is 17.7 Å². The normalized spacial score (nSPS) is 23.4. The van der Waals surface area contributed by atoms with Gasteiger partial charge in [-0.25, -0.2) is 17.8 Å². The average Bonchev–Trinajstić information content (AvgIpc) is 3.68. The zero-order valence-electron chi connectivity index (χ0n) is 21.8. The largest absolute Gasteiger partial charge is 0.299 e. The van der Waals surface area contributed by atoms with Crippen molar-refractivity contribution < 1.29 is 12.8 Å². The van der Waals surface area contributed by atoms with Crippen LogP contribution in [0.4, 0.5) is 4.39 Å². The SMILES string of the molecule is Cc1ccc(S(=O)(=O)[C@H]2CCC3=Cc4c(ncn4-c4ccc(F)cc4)C[C@]3(C3(c4ccccn4)CC3)C2)cc1. The van der Waals surface area contributed by atoms with Crippen molar-refractivity contribution in [2.45, 2.75) is 61.0 Å². The minimum atomic E-state index is -3.51. The maximum atomic E-state index is 14.0. The number of fused-ring (bicyclic) bond motifs is 2. The van der Waals surface area contributed by atoms with Crippen molar-refractivity contribution in [3.8, 4) is 5.69 Å². The van der Waals surface area contributed by atoms with Crippen LogP contribution in [-0.2, 0) is 21.7 Å². The van der Waals surface area contributed by atoms with Crippen LogP contribution in [0, 0.1) is 18.2 Å². The number of sulfone groups is 1. The van der Waals surface area contributed by atoms with Crippen molar-refractivity contribution in [1.29, 1.82) is 0 Å². The molecular weight excluding hydrogens is 509 g/mol. The van der Waals surface area contributed by atoms with Gasteiger partial charge in [-0.15, -0.1) is 0 Å². The third-order valence-electron chi connectivity index (χ3n) is 9.31. The molecule has 0 unspecified atom stereocenters. The molecule has 7 heteroatoms. The Labute approximate surface area is 228 Å². The summed E-state index contributed by atoms with van der Waals surface area (Å²) >= 11 is 0. The standard InChI is InChI=1S/C32H30FN3O2S/c1-22-5-12-26(13-6-22)39(37,38)27-14-7-23-18-29-28(35-21-36(29)25-10-8-24(33)9-11-25)20-32(23,19-27)31(15-16-31)30-4-2-3-17-34-30/h2-6,8-13,17-18,21,27H,7,14-16,19-20H2,1H3/t27-,32+/m0/s1. The van der Waals surface area contributed by atoms with Crippen LogP contribution in [0.15, 0.2) is 89.7 Å². The number of allylic oxidation sites excluding steroid dienone is 1. The Morgan fingerprint density at radius 3 is 2.41 bits per heavy atom. The van der Waals surface area contributed by atoms with Gasteiger partial charge in [-0.1, -0.05) is 29.3 Å². The van der Waals surface area contributed by atoms with Gasteiger partial charge in [0.2, 0.25) is 0 Å². The van der Waals surface area contributed by atoms with Crippen molar-refractivity contribution in [2.75, 3.05) is 0 Å². The van der Waals surface area contributed by atoms with E-state index in [0.29, 0.717) is 30.6 Å². The van der Waals surface area contributed by atoms with E-state index in [4.69, 9.17) is 9.97 Å². The zero-order chi connectivity index (χ0) is 26.8. The van der Waals surface area contributed by atoms with Gasteiger partial charge < -0.3 is 0 Å². The van der Waals surface area contributed by atoms with Crippen LogP contribution >= 0.6 is 0 Å². The molecule has 2 atom stereocenters. The smallest absolute Gasteiger partial charge is 0.181 e. The fraction of sp³-hybridized carbons (Fsp3) is 0.312. The topological polar surface area (TPSA) is 64.8 Å². The van der Waals surface area contributed by atoms with Crippen molar-refractivity contribution in [3.05, 3.63) is 113 Å². The summed E-state index contributed by atoms with van der Waals surface area (Å²) in [5.41, 5.74) is 5.61. The molecule has 0 bridgehead atoms. The molecule has 2 aromatic carbocycles. The molecule has 7 rings (SSSR count). The lowest BCUT2D eigenvalue weighted by Crippen LogP contribution is -2.48. The summed E-state index contributed by atoms with van der Waals surface area (Å²) in [5, 5.41) is -0.473. The lowest BCUT2D eigenvalue weighted by molar-refractivity contribution is 0.192. The molecule has 0 radical (unpaired) electrons. The Morgan fingerprint density at radius 2 is 1.72 bits per heavy atom. The van der Waals surface area contributed by atoms with E-state index < -0.39 is 15.1 Å². The molecule has 2 heterocycles. The van der Waals surface area contributed by atoms with Crippen molar-refractivity contribution in [2.24, 2.45) is 5.41 Å². The quantitative estimate of drug-likeness (QED) is 0.294. The van der Waals surface area contributed by atoms with Crippen LogP contribution in [0.5, 0.6) is 0 Å². The molecule has 2 fully saturated rings. The third kappa shape index (κ3) is 3.73. The lowest BCUT2D eigenvalue weighted by atomic mass is 9.56. The highest BCUT2D eigenvalue weighted by Gasteiger charge is 2.65. The van der Waals surface area contributed by atoms with Gasteiger partial charge in [-0.3, -0.25) is 9.55 Å². The number of hydrogen-bond donors (Lipinski definition) is 0. The highest BCUT2D eigenvalue weighted by Crippen LogP contribution is 2.69.